The Kier molecular flexibility index (Phi) is 5.03. The van der Waals surface area contributed by atoms with Crippen LogP contribution in [0.3, 0.4) is 0 Å². The summed E-state index contributed by atoms with van der Waals surface area (Å²) in [4.78, 5) is 9.14. The van der Waals surface area contributed by atoms with E-state index in [-0.39, 0.29) is 12.1 Å². The lowest BCUT2D eigenvalue weighted by Crippen LogP contribution is -2.31. The highest BCUT2D eigenvalue weighted by atomic mass is 16.5. The van der Waals surface area contributed by atoms with E-state index in [1.54, 1.807) is 12.4 Å². The van der Waals surface area contributed by atoms with E-state index in [1.165, 1.54) is 0 Å². The van der Waals surface area contributed by atoms with E-state index >= 15 is 0 Å². The van der Waals surface area contributed by atoms with Gasteiger partial charge in [0.25, 0.3) is 0 Å². The van der Waals surface area contributed by atoms with Crippen LogP contribution in [0.4, 0.5) is 11.6 Å². The molecule has 3 aromatic rings. The molecular formula is C19H26N8O2. The van der Waals surface area contributed by atoms with E-state index in [2.05, 4.69) is 30.6 Å². The van der Waals surface area contributed by atoms with E-state index in [4.69, 9.17) is 15.2 Å². The van der Waals surface area contributed by atoms with Crippen molar-refractivity contribution in [3.63, 3.8) is 0 Å². The molecule has 1 saturated carbocycles. The summed E-state index contributed by atoms with van der Waals surface area (Å²) in [6, 6.07) is 0.644. The minimum atomic E-state index is 0.111. The zero-order valence-electron chi connectivity index (χ0n) is 16.3. The van der Waals surface area contributed by atoms with Crippen LogP contribution in [0.1, 0.15) is 44.6 Å². The summed E-state index contributed by atoms with van der Waals surface area (Å²) in [6.07, 6.45) is 11.3. The number of ether oxygens (including phenoxy) is 2. The maximum Gasteiger partial charge on any atom is 0.245 e. The average Bonchev–Trinajstić information content (AvgIpc) is 3.40. The fraction of sp³-hybridized carbons (Fsp3) is 0.579. The normalized spacial score (nSPS) is 23.3. The van der Waals surface area contributed by atoms with Gasteiger partial charge in [-0.15, -0.1) is 0 Å². The second-order valence-electron chi connectivity index (χ2n) is 7.81. The number of anilines is 2. The predicted molar refractivity (Wildman–Crippen MR) is 107 cm³/mol. The highest BCUT2D eigenvalue weighted by Gasteiger charge is 2.22. The lowest BCUT2D eigenvalue weighted by Gasteiger charge is -2.26. The van der Waals surface area contributed by atoms with Crippen molar-refractivity contribution in [1.29, 1.82) is 0 Å². The maximum atomic E-state index is 6.20. The van der Waals surface area contributed by atoms with Gasteiger partial charge in [-0.25, -0.2) is 4.98 Å². The number of nitrogens with zero attached hydrogens (tertiary/aromatic N) is 5. The molecule has 4 heterocycles. The number of hydrogen-bond donors (Lipinski definition) is 3. The number of aromatic amines is 1. The third-order valence-electron chi connectivity index (χ3n) is 5.69. The number of nitrogens with two attached hydrogens (primary N) is 1. The number of hydrogen-bond acceptors (Lipinski definition) is 8. The van der Waals surface area contributed by atoms with Crippen LogP contribution in [-0.2, 0) is 4.74 Å². The minimum Gasteiger partial charge on any atom is -0.473 e. The Bertz CT molecular complexity index is 956. The Balaban J connectivity index is 1.34. The van der Waals surface area contributed by atoms with Gasteiger partial charge in [0.1, 0.15) is 17.1 Å². The molecule has 0 bridgehead atoms. The summed E-state index contributed by atoms with van der Waals surface area (Å²) in [5, 5.41) is 14.8. The van der Waals surface area contributed by atoms with Crippen LogP contribution >= 0.6 is 0 Å². The van der Waals surface area contributed by atoms with Crippen LogP contribution in [0.5, 0.6) is 5.88 Å². The van der Waals surface area contributed by atoms with Crippen molar-refractivity contribution in [1.82, 2.24) is 29.9 Å². The molecule has 1 aliphatic heterocycles. The molecular weight excluding hydrogens is 372 g/mol. The molecule has 0 radical (unpaired) electrons. The number of aromatic nitrogens is 6. The molecule has 0 atom stereocenters. The molecule has 2 aliphatic rings. The largest absolute Gasteiger partial charge is 0.473 e. The average molecular weight is 398 g/mol. The summed E-state index contributed by atoms with van der Waals surface area (Å²) in [5.74, 6) is 0.986. The Morgan fingerprint density at radius 2 is 1.93 bits per heavy atom. The van der Waals surface area contributed by atoms with Gasteiger partial charge in [0.05, 0.1) is 24.1 Å². The summed E-state index contributed by atoms with van der Waals surface area (Å²) < 4.78 is 13.6. The van der Waals surface area contributed by atoms with Gasteiger partial charge < -0.3 is 20.5 Å². The van der Waals surface area contributed by atoms with Crippen molar-refractivity contribution in [2.75, 3.05) is 18.5 Å². The third-order valence-corrected chi connectivity index (χ3v) is 5.69. The fourth-order valence-electron chi connectivity index (χ4n) is 4.00. The van der Waals surface area contributed by atoms with E-state index < -0.39 is 0 Å². The number of rotatable bonds is 5. The maximum absolute atomic E-state index is 6.20. The van der Waals surface area contributed by atoms with Crippen LogP contribution in [0, 0.1) is 0 Å². The number of nitrogens with one attached hydrogen (secondary N) is 2. The molecule has 29 heavy (non-hydrogen) atoms. The molecule has 3 aromatic heterocycles. The molecule has 10 nitrogen and oxygen atoms in total. The summed E-state index contributed by atoms with van der Waals surface area (Å²) in [6.45, 7) is 1.56. The van der Waals surface area contributed by atoms with Gasteiger partial charge in [-0.2, -0.15) is 15.2 Å². The molecule has 5 rings (SSSR count). The lowest BCUT2D eigenvalue weighted by atomic mass is 9.94. The molecule has 1 aliphatic carbocycles. The number of H-pyrrole nitrogens is 1. The second-order valence-corrected chi connectivity index (χ2v) is 7.81. The molecule has 0 spiro atoms. The van der Waals surface area contributed by atoms with E-state index in [0.29, 0.717) is 28.9 Å². The van der Waals surface area contributed by atoms with Crippen LogP contribution in [0.25, 0.3) is 11.0 Å². The van der Waals surface area contributed by atoms with Crippen molar-refractivity contribution < 1.29 is 9.47 Å². The monoisotopic (exact) mass is 398 g/mol. The molecule has 4 N–H and O–H groups in total. The molecule has 154 valence electrons. The van der Waals surface area contributed by atoms with Crippen molar-refractivity contribution >= 4 is 22.7 Å². The van der Waals surface area contributed by atoms with Gasteiger partial charge in [0.15, 0.2) is 0 Å². The number of fused-ring (bicyclic) bond motifs is 1. The predicted octanol–water partition coefficient (Wildman–Crippen LogP) is 2.29. The second kappa shape index (κ2) is 7.96. The zero-order valence-corrected chi connectivity index (χ0v) is 16.3. The summed E-state index contributed by atoms with van der Waals surface area (Å²) in [5.41, 5.74) is 8.27. The van der Waals surface area contributed by atoms with Crippen LogP contribution in [0.15, 0.2) is 18.6 Å². The van der Waals surface area contributed by atoms with Gasteiger partial charge in [-0.3, -0.25) is 9.78 Å². The molecule has 2 fully saturated rings. The van der Waals surface area contributed by atoms with Crippen molar-refractivity contribution in [3.05, 3.63) is 18.6 Å². The fourth-order valence-corrected chi connectivity index (χ4v) is 4.00. The SMILES string of the molecule is NC1CCC(Oc2nc(Nc3cnn(C4CCOCC4)c3)nc3cn[nH]c23)CC1. The van der Waals surface area contributed by atoms with Crippen molar-refractivity contribution in [3.8, 4) is 5.88 Å². The summed E-state index contributed by atoms with van der Waals surface area (Å²) >= 11 is 0. The minimum absolute atomic E-state index is 0.111. The first-order valence-electron chi connectivity index (χ1n) is 10.3. The Morgan fingerprint density at radius 1 is 1.10 bits per heavy atom. The van der Waals surface area contributed by atoms with Crippen LogP contribution in [-0.4, -0.2) is 55.3 Å². The summed E-state index contributed by atoms with van der Waals surface area (Å²) in [7, 11) is 0. The van der Waals surface area contributed by atoms with E-state index in [9.17, 15) is 0 Å². The van der Waals surface area contributed by atoms with Gasteiger partial charge >= 0.3 is 0 Å². The van der Waals surface area contributed by atoms with Crippen molar-refractivity contribution in [2.24, 2.45) is 5.73 Å². The van der Waals surface area contributed by atoms with Crippen molar-refractivity contribution in [2.45, 2.75) is 56.7 Å². The molecule has 1 saturated heterocycles. The van der Waals surface area contributed by atoms with Gasteiger partial charge in [0, 0.05) is 25.5 Å². The Hall–Kier alpha value is -2.72. The van der Waals surface area contributed by atoms with E-state index in [0.717, 1.165) is 57.4 Å². The molecule has 0 unspecified atom stereocenters. The molecule has 0 amide bonds. The first kappa shape index (κ1) is 18.3. The smallest absolute Gasteiger partial charge is 0.245 e. The van der Waals surface area contributed by atoms with Crippen LogP contribution in [0.2, 0.25) is 0 Å². The molecule has 0 aromatic carbocycles. The highest BCUT2D eigenvalue weighted by molar-refractivity contribution is 5.80. The molecule has 10 heteroatoms. The van der Waals surface area contributed by atoms with Crippen LogP contribution < -0.4 is 15.8 Å². The van der Waals surface area contributed by atoms with Gasteiger partial charge in [0.2, 0.25) is 11.8 Å². The lowest BCUT2D eigenvalue weighted by molar-refractivity contribution is 0.0662. The Labute approximate surface area is 168 Å². The van der Waals surface area contributed by atoms with Gasteiger partial charge in [-0.1, -0.05) is 0 Å². The van der Waals surface area contributed by atoms with E-state index in [1.807, 2.05) is 10.9 Å². The first-order chi connectivity index (χ1) is 14.2. The third kappa shape index (κ3) is 4.03. The standard InChI is InChI=1S/C19H26N8O2/c20-12-1-3-15(4-2-12)29-18-17-16(10-21-26-17)24-19(25-18)23-13-9-22-27(11-13)14-5-7-28-8-6-14/h9-12,14-15H,1-8,20H2,(H,21,26)(H,23,24,25). The van der Waals surface area contributed by atoms with Gasteiger partial charge in [-0.05, 0) is 38.5 Å². The Morgan fingerprint density at radius 3 is 2.76 bits per heavy atom. The zero-order chi connectivity index (χ0) is 19.6. The topological polar surface area (TPSA) is 129 Å². The quantitative estimate of drug-likeness (QED) is 0.597. The highest BCUT2D eigenvalue weighted by Crippen LogP contribution is 2.28. The first-order valence-corrected chi connectivity index (χ1v) is 10.3.